The van der Waals surface area contributed by atoms with Crippen molar-refractivity contribution in [1.82, 2.24) is 0 Å². The first kappa shape index (κ1) is 15.3. The molecule has 2 saturated carbocycles. The normalized spacial score (nSPS) is 33.0. The summed E-state index contributed by atoms with van der Waals surface area (Å²) in [4.78, 5) is 0. The lowest BCUT2D eigenvalue weighted by atomic mass is 9.69. The first-order chi connectivity index (χ1) is 9.22. The third-order valence-corrected chi connectivity index (χ3v) is 5.52. The lowest BCUT2D eigenvalue weighted by molar-refractivity contribution is -0.162. The van der Waals surface area contributed by atoms with Gasteiger partial charge in [0.25, 0.3) is 0 Å². The minimum Gasteiger partial charge on any atom is -0.390 e. The maximum atomic E-state index is 11.0. The number of hydrogen-bond acceptors (Lipinski definition) is 2. The highest BCUT2D eigenvalue weighted by molar-refractivity contribution is 4.95. The quantitative estimate of drug-likeness (QED) is 0.805. The van der Waals surface area contributed by atoms with Gasteiger partial charge in [-0.2, -0.15) is 0 Å². The molecular weight excluding hydrogens is 236 g/mol. The minimum atomic E-state index is -0.234. The van der Waals surface area contributed by atoms with Gasteiger partial charge in [0.05, 0.1) is 11.7 Å². The lowest BCUT2D eigenvalue weighted by Gasteiger charge is -2.45. The SMILES string of the molecule is CCOC1(C(O)C2CCCC(CC)C2)CCCCC1. The molecule has 2 aliphatic carbocycles. The van der Waals surface area contributed by atoms with E-state index < -0.39 is 0 Å². The molecule has 1 N–H and O–H groups in total. The molecule has 0 amide bonds. The Hall–Kier alpha value is -0.0800. The molecule has 0 aromatic carbocycles. The molecule has 2 aliphatic rings. The molecule has 2 nitrogen and oxygen atoms in total. The maximum absolute atomic E-state index is 11.0. The highest BCUT2D eigenvalue weighted by Crippen LogP contribution is 2.42. The molecule has 0 aromatic heterocycles. The summed E-state index contributed by atoms with van der Waals surface area (Å²) in [5.74, 6) is 1.30. The van der Waals surface area contributed by atoms with Crippen molar-refractivity contribution in [2.45, 2.75) is 89.8 Å². The van der Waals surface area contributed by atoms with Crippen LogP contribution in [0.3, 0.4) is 0 Å². The van der Waals surface area contributed by atoms with Crippen LogP contribution in [0.15, 0.2) is 0 Å². The third-order valence-electron chi connectivity index (χ3n) is 5.52. The van der Waals surface area contributed by atoms with Gasteiger partial charge in [0.2, 0.25) is 0 Å². The molecule has 0 spiro atoms. The monoisotopic (exact) mass is 268 g/mol. The zero-order valence-corrected chi connectivity index (χ0v) is 12.9. The molecule has 2 fully saturated rings. The van der Waals surface area contributed by atoms with Gasteiger partial charge in [-0.3, -0.25) is 0 Å². The molecule has 0 radical (unpaired) electrons. The Morgan fingerprint density at radius 3 is 2.47 bits per heavy atom. The van der Waals surface area contributed by atoms with E-state index in [1.165, 1.54) is 51.4 Å². The van der Waals surface area contributed by atoms with Crippen molar-refractivity contribution in [3.8, 4) is 0 Å². The van der Waals surface area contributed by atoms with E-state index in [2.05, 4.69) is 13.8 Å². The second kappa shape index (κ2) is 7.08. The summed E-state index contributed by atoms with van der Waals surface area (Å²) >= 11 is 0. The van der Waals surface area contributed by atoms with Crippen molar-refractivity contribution < 1.29 is 9.84 Å². The van der Waals surface area contributed by atoms with E-state index in [-0.39, 0.29) is 11.7 Å². The van der Waals surface area contributed by atoms with Gasteiger partial charge in [-0.25, -0.2) is 0 Å². The van der Waals surface area contributed by atoms with Crippen LogP contribution >= 0.6 is 0 Å². The summed E-state index contributed by atoms with van der Waals surface area (Å²) in [5, 5.41) is 11.0. The van der Waals surface area contributed by atoms with E-state index in [9.17, 15) is 5.11 Å². The van der Waals surface area contributed by atoms with E-state index >= 15 is 0 Å². The van der Waals surface area contributed by atoms with Crippen LogP contribution in [0, 0.1) is 11.8 Å². The summed E-state index contributed by atoms with van der Waals surface area (Å²) in [6.45, 7) is 5.10. The average molecular weight is 268 g/mol. The zero-order chi connectivity index (χ0) is 13.7. The predicted octanol–water partition coefficient (Wildman–Crippen LogP) is 4.30. The summed E-state index contributed by atoms with van der Waals surface area (Å²) in [6, 6.07) is 0. The molecule has 2 heteroatoms. The molecular formula is C17H32O2. The van der Waals surface area contributed by atoms with Crippen molar-refractivity contribution in [2.24, 2.45) is 11.8 Å². The fourth-order valence-corrected chi connectivity index (χ4v) is 4.38. The standard InChI is InChI=1S/C17H32O2/c1-3-14-9-8-10-15(13-14)16(18)17(19-4-2)11-6-5-7-12-17/h14-16,18H,3-13H2,1-2H3. The molecule has 2 rings (SSSR count). The van der Waals surface area contributed by atoms with Gasteiger partial charge >= 0.3 is 0 Å². The largest absolute Gasteiger partial charge is 0.390 e. The van der Waals surface area contributed by atoms with Gasteiger partial charge < -0.3 is 9.84 Å². The fourth-order valence-electron chi connectivity index (χ4n) is 4.38. The predicted molar refractivity (Wildman–Crippen MR) is 79.2 cm³/mol. The summed E-state index contributed by atoms with van der Waals surface area (Å²) < 4.78 is 6.10. The Morgan fingerprint density at radius 2 is 1.84 bits per heavy atom. The van der Waals surface area contributed by atoms with E-state index in [1.807, 2.05) is 0 Å². The van der Waals surface area contributed by atoms with Crippen LogP contribution in [0.5, 0.6) is 0 Å². The van der Waals surface area contributed by atoms with Crippen LogP contribution in [0.4, 0.5) is 0 Å². The number of rotatable bonds is 5. The van der Waals surface area contributed by atoms with Crippen molar-refractivity contribution >= 4 is 0 Å². The molecule has 0 aromatic rings. The Kier molecular flexibility index (Phi) is 5.70. The van der Waals surface area contributed by atoms with E-state index in [0.717, 1.165) is 25.4 Å². The third kappa shape index (κ3) is 3.52. The minimum absolute atomic E-state index is 0.215. The van der Waals surface area contributed by atoms with Gasteiger partial charge in [0.15, 0.2) is 0 Å². The van der Waals surface area contributed by atoms with Gasteiger partial charge in [-0.05, 0) is 44.4 Å². The number of aliphatic hydroxyl groups is 1. The van der Waals surface area contributed by atoms with E-state index in [1.54, 1.807) is 0 Å². The smallest absolute Gasteiger partial charge is 0.0942 e. The molecule has 3 unspecified atom stereocenters. The Labute approximate surface area is 118 Å². The lowest BCUT2D eigenvalue weighted by Crippen LogP contribution is -2.51. The molecule has 3 atom stereocenters. The summed E-state index contributed by atoms with van der Waals surface area (Å²) in [5.41, 5.74) is -0.215. The average Bonchev–Trinajstić information content (AvgIpc) is 2.48. The molecule has 112 valence electrons. The number of aliphatic hydroxyl groups excluding tert-OH is 1. The first-order valence-corrected chi connectivity index (χ1v) is 8.54. The maximum Gasteiger partial charge on any atom is 0.0942 e. The first-order valence-electron chi connectivity index (χ1n) is 8.54. The van der Waals surface area contributed by atoms with Crippen molar-refractivity contribution in [3.05, 3.63) is 0 Å². The van der Waals surface area contributed by atoms with Crippen LogP contribution in [0.2, 0.25) is 0 Å². The number of ether oxygens (including phenoxy) is 1. The molecule has 0 heterocycles. The summed E-state index contributed by atoms with van der Waals surface area (Å²) in [7, 11) is 0. The van der Waals surface area contributed by atoms with Crippen molar-refractivity contribution in [1.29, 1.82) is 0 Å². The topological polar surface area (TPSA) is 29.5 Å². The zero-order valence-electron chi connectivity index (χ0n) is 12.9. The van der Waals surface area contributed by atoms with E-state index in [0.29, 0.717) is 5.92 Å². The van der Waals surface area contributed by atoms with Crippen LogP contribution < -0.4 is 0 Å². The van der Waals surface area contributed by atoms with Crippen molar-refractivity contribution in [3.63, 3.8) is 0 Å². The summed E-state index contributed by atoms with van der Waals surface area (Å²) in [6.07, 6.45) is 12.0. The molecule has 0 bridgehead atoms. The van der Waals surface area contributed by atoms with Gasteiger partial charge in [0.1, 0.15) is 0 Å². The van der Waals surface area contributed by atoms with Gasteiger partial charge in [0, 0.05) is 6.61 Å². The molecule has 0 saturated heterocycles. The Bertz CT molecular complexity index is 252. The molecule has 0 aliphatic heterocycles. The van der Waals surface area contributed by atoms with Gasteiger partial charge in [-0.1, -0.05) is 45.4 Å². The highest BCUT2D eigenvalue weighted by atomic mass is 16.5. The van der Waals surface area contributed by atoms with Crippen molar-refractivity contribution in [2.75, 3.05) is 6.61 Å². The van der Waals surface area contributed by atoms with Crippen LogP contribution in [-0.2, 0) is 4.74 Å². The molecule has 19 heavy (non-hydrogen) atoms. The Balaban J connectivity index is 2.03. The van der Waals surface area contributed by atoms with Gasteiger partial charge in [-0.15, -0.1) is 0 Å². The second-order valence-electron chi connectivity index (χ2n) is 6.70. The Morgan fingerprint density at radius 1 is 1.11 bits per heavy atom. The fraction of sp³-hybridized carbons (Fsp3) is 1.00. The van der Waals surface area contributed by atoms with Crippen LogP contribution in [0.25, 0.3) is 0 Å². The van der Waals surface area contributed by atoms with E-state index in [4.69, 9.17) is 4.74 Å². The second-order valence-corrected chi connectivity index (χ2v) is 6.70. The highest BCUT2D eigenvalue weighted by Gasteiger charge is 2.44. The van der Waals surface area contributed by atoms with Crippen LogP contribution in [0.1, 0.15) is 78.1 Å². The number of hydrogen-bond donors (Lipinski definition) is 1. The van der Waals surface area contributed by atoms with Crippen LogP contribution in [-0.4, -0.2) is 23.4 Å².